The molecule has 1 aromatic carbocycles. The number of benzene rings is 1. The maximum Gasteiger partial charge on any atom is 0.107 e. The van der Waals surface area contributed by atoms with Gasteiger partial charge in [-0.15, -0.1) is 0 Å². The summed E-state index contributed by atoms with van der Waals surface area (Å²) in [5, 5.41) is 8.23. The summed E-state index contributed by atoms with van der Waals surface area (Å²) in [4.78, 5) is 4.04. The van der Waals surface area contributed by atoms with Gasteiger partial charge in [-0.3, -0.25) is 5.26 Å². The van der Waals surface area contributed by atoms with Gasteiger partial charge in [-0.05, 0) is 30.5 Å². The highest BCUT2D eigenvalue weighted by Crippen LogP contribution is 2.14. The van der Waals surface area contributed by atoms with Gasteiger partial charge in [-0.25, -0.2) is 4.89 Å². The van der Waals surface area contributed by atoms with Crippen molar-refractivity contribution in [3.8, 4) is 0 Å². The van der Waals surface area contributed by atoms with Crippen molar-refractivity contribution in [2.75, 3.05) is 0 Å². The second-order valence-electron chi connectivity index (χ2n) is 2.94. The van der Waals surface area contributed by atoms with Gasteiger partial charge < -0.3 is 0 Å². The molecule has 0 fully saturated rings. The molecule has 0 amide bonds. The zero-order valence-electron chi connectivity index (χ0n) is 7.95. The Morgan fingerprint density at radius 1 is 1.38 bits per heavy atom. The van der Waals surface area contributed by atoms with Crippen LogP contribution in [0, 0.1) is 0 Å². The van der Waals surface area contributed by atoms with Crippen LogP contribution in [0.1, 0.15) is 25.0 Å². The van der Waals surface area contributed by atoms with Gasteiger partial charge in [0.2, 0.25) is 0 Å². The number of hydrogen-bond acceptors (Lipinski definition) is 2. The molecule has 0 saturated carbocycles. The quantitative estimate of drug-likeness (QED) is 0.569. The Morgan fingerprint density at radius 3 is 2.46 bits per heavy atom. The van der Waals surface area contributed by atoms with Crippen LogP contribution in [-0.2, 0) is 11.5 Å². The average molecular weight is 178 g/mol. The lowest BCUT2D eigenvalue weighted by Gasteiger charge is -2.02. The number of allylic oxidation sites excluding steroid dienone is 2. The standard InChI is InChI=1S/C11H14O2/c1-3-9(2)11-6-4-10(5-7-11)8-13-12/h3-7,12H,8H2,1-2H3/b9-3-. The highest BCUT2D eigenvalue weighted by atomic mass is 17.1. The van der Waals surface area contributed by atoms with Gasteiger partial charge in [0.25, 0.3) is 0 Å². The van der Waals surface area contributed by atoms with Gasteiger partial charge in [-0.2, -0.15) is 0 Å². The molecule has 1 N–H and O–H groups in total. The Bertz CT molecular complexity index is 285. The molecule has 0 atom stereocenters. The molecule has 2 heteroatoms. The van der Waals surface area contributed by atoms with Crippen LogP contribution in [-0.4, -0.2) is 5.26 Å². The van der Waals surface area contributed by atoms with E-state index in [0.717, 1.165) is 5.56 Å². The zero-order chi connectivity index (χ0) is 9.68. The zero-order valence-corrected chi connectivity index (χ0v) is 7.95. The molecular weight excluding hydrogens is 164 g/mol. The van der Waals surface area contributed by atoms with E-state index in [-0.39, 0.29) is 6.61 Å². The van der Waals surface area contributed by atoms with E-state index in [1.165, 1.54) is 11.1 Å². The molecule has 0 spiro atoms. The average Bonchev–Trinajstić information content (AvgIpc) is 2.18. The predicted octanol–water partition coefficient (Wildman–Crippen LogP) is 3.10. The summed E-state index contributed by atoms with van der Waals surface area (Å²) in [5.41, 5.74) is 3.41. The minimum atomic E-state index is 0.245. The van der Waals surface area contributed by atoms with E-state index < -0.39 is 0 Å². The number of hydrogen-bond donors (Lipinski definition) is 1. The summed E-state index contributed by atoms with van der Waals surface area (Å²) in [6, 6.07) is 7.92. The van der Waals surface area contributed by atoms with Crippen LogP contribution in [0.2, 0.25) is 0 Å². The maximum absolute atomic E-state index is 8.23. The first-order chi connectivity index (χ1) is 6.27. The molecule has 70 valence electrons. The SMILES string of the molecule is C/C=C(/C)c1ccc(COO)cc1. The molecule has 0 aliphatic rings. The molecule has 1 rings (SSSR count). The third-order valence-corrected chi connectivity index (χ3v) is 2.07. The molecule has 0 radical (unpaired) electrons. The van der Waals surface area contributed by atoms with Crippen LogP contribution in [0.4, 0.5) is 0 Å². The number of rotatable bonds is 3. The van der Waals surface area contributed by atoms with Gasteiger partial charge in [0.05, 0.1) is 0 Å². The highest BCUT2D eigenvalue weighted by Gasteiger charge is 1.95. The molecule has 0 saturated heterocycles. The summed E-state index contributed by atoms with van der Waals surface area (Å²) >= 11 is 0. The van der Waals surface area contributed by atoms with Crippen molar-refractivity contribution < 1.29 is 10.1 Å². The van der Waals surface area contributed by atoms with Crippen molar-refractivity contribution in [2.24, 2.45) is 0 Å². The van der Waals surface area contributed by atoms with Crippen molar-refractivity contribution in [3.63, 3.8) is 0 Å². The fourth-order valence-corrected chi connectivity index (χ4v) is 1.11. The maximum atomic E-state index is 8.23. The predicted molar refractivity (Wildman–Crippen MR) is 53.2 cm³/mol. The molecular formula is C11H14O2. The van der Waals surface area contributed by atoms with E-state index in [1.54, 1.807) is 0 Å². The van der Waals surface area contributed by atoms with Crippen LogP contribution < -0.4 is 0 Å². The molecule has 0 aromatic heterocycles. The summed E-state index contributed by atoms with van der Waals surface area (Å²) in [6.07, 6.45) is 2.07. The molecule has 0 heterocycles. The van der Waals surface area contributed by atoms with Crippen LogP contribution >= 0.6 is 0 Å². The van der Waals surface area contributed by atoms with Gasteiger partial charge >= 0.3 is 0 Å². The minimum Gasteiger partial charge on any atom is -0.251 e. The molecule has 0 aliphatic carbocycles. The molecule has 0 bridgehead atoms. The van der Waals surface area contributed by atoms with Crippen molar-refractivity contribution >= 4 is 5.57 Å². The summed E-state index contributed by atoms with van der Waals surface area (Å²) in [7, 11) is 0. The Labute approximate surface area is 78.4 Å². The van der Waals surface area contributed by atoms with Gasteiger partial charge in [0.1, 0.15) is 6.61 Å². The Hall–Kier alpha value is -1.12. The molecule has 1 aromatic rings. The van der Waals surface area contributed by atoms with Gasteiger partial charge in [0, 0.05) is 0 Å². The lowest BCUT2D eigenvalue weighted by atomic mass is 10.1. The van der Waals surface area contributed by atoms with Crippen molar-refractivity contribution in [1.82, 2.24) is 0 Å². The van der Waals surface area contributed by atoms with Crippen molar-refractivity contribution in [2.45, 2.75) is 20.5 Å². The Balaban J connectivity index is 2.81. The fraction of sp³-hybridized carbons (Fsp3) is 0.273. The minimum absolute atomic E-state index is 0.245. The van der Waals surface area contributed by atoms with E-state index in [1.807, 2.05) is 31.2 Å². The van der Waals surface area contributed by atoms with E-state index >= 15 is 0 Å². The van der Waals surface area contributed by atoms with Gasteiger partial charge in [-0.1, -0.05) is 30.3 Å². The van der Waals surface area contributed by atoms with E-state index in [4.69, 9.17) is 5.26 Å². The van der Waals surface area contributed by atoms with Crippen LogP contribution in [0.3, 0.4) is 0 Å². The normalized spacial score (nSPS) is 11.8. The van der Waals surface area contributed by atoms with Crippen molar-refractivity contribution in [3.05, 3.63) is 41.5 Å². The second-order valence-corrected chi connectivity index (χ2v) is 2.94. The topological polar surface area (TPSA) is 29.5 Å². The van der Waals surface area contributed by atoms with Crippen LogP contribution in [0.15, 0.2) is 30.3 Å². The smallest absolute Gasteiger partial charge is 0.107 e. The van der Waals surface area contributed by atoms with E-state index in [9.17, 15) is 0 Å². The third kappa shape index (κ3) is 2.68. The lowest BCUT2D eigenvalue weighted by molar-refractivity contribution is -0.253. The highest BCUT2D eigenvalue weighted by molar-refractivity contribution is 5.63. The van der Waals surface area contributed by atoms with E-state index in [2.05, 4.69) is 17.9 Å². The molecule has 2 nitrogen and oxygen atoms in total. The summed E-state index contributed by atoms with van der Waals surface area (Å²) in [5.74, 6) is 0. The lowest BCUT2D eigenvalue weighted by Crippen LogP contribution is -1.88. The molecule has 0 aliphatic heterocycles. The molecule has 13 heavy (non-hydrogen) atoms. The largest absolute Gasteiger partial charge is 0.251 e. The first-order valence-corrected chi connectivity index (χ1v) is 4.26. The Morgan fingerprint density at radius 2 is 2.00 bits per heavy atom. The van der Waals surface area contributed by atoms with Gasteiger partial charge in [0.15, 0.2) is 0 Å². The first-order valence-electron chi connectivity index (χ1n) is 4.26. The fourth-order valence-electron chi connectivity index (χ4n) is 1.11. The Kier molecular flexibility index (Phi) is 3.68. The monoisotopic (exact) mass is 178 g/mol. The van der Waals surface area contributed by atoms with Crippen LogP contribution in [0.5, 0.6) is 0 Å². The third-order valence-electron chi connectivity index (χ3n) is 2.07. The summed E-state index contributed by atoms with van der Waals surface area (Å²) in [6.45, 7) is 4.33. The second kappa shape index (κ2) is 4.80. The first kappa shape index (κ1) is 9.96. The van der Waals surface area contributed by atoms with E-state index in [0.29, 0.717) is 0 Å². The van der Waals surface area contributed by atoms with Crippen molar-refractivity contribution in [1.29, 1.82) is 0 Å². The summed E-state index contributed by atoms with van der Waals surface area (Å²) < 4.78 is 0. The molecule has 0 unspecified atom stereocenters. The van der Waals surface area contributed by atoms with Crippen LogP contribution in [0.25, 0.3) is 5.57 Å².